The normalized spacial score (nSPS) is 10.9. The van der Waals surface area contributed by atoms with Crippen LogP contribution in [0.2, 0.25) is 0 Å². The van der Waals surface area contributed by atoms with E-state index in [1.807, 2.05) is 20.8 Å². The van der Waals surface area contributed by atoms with E-state index in [0.29, 0.717) is 6.29 Å². The van der Waals surface area contributed by atoms with Crippen LogP contribution in [0.1, 0.15) is 37.6 Å². The first-order valence-electron chi connectivity index (χ1n) is 6.07. The van der Waals surface area contributed by atoms with Gasteiger partial charge < -0.3 is 10.1 Å². The Morgan fingerprint density at radius 3 is 2.74 bits per heavy atom. The molecule has 0 saturated heterocycles. The molecule has 0 radical (unpaired) electrons. The lowest BCUT2D eigenvalue weighted by molar-refractivity contribution is -0.124. The molecule has 19 heavy (non-hydrogen) atoms. The van der Waals surface area contributed by atoms with Crippen molar-refractivity contribution in [1.82, 2.24) is 5.32 Å². The molecule has 0 saturated carbocycles. The Morgan fingerprint density at radius 2 is 2.16 bits per heavy atom. The van der Waals surface area contributed by atoms with Crippen molar-refractivity contribution in [3.05, 3.63) is 29.6 Å². The van der Waals surface area contributed by atoms with Gasteiger partial charge in [0.05, 0.1) is 5.56 Å². The fourth-order valence-electron chi connectivity index (χ4n) is 1.41. The van der Waals surface area contributed by atoms with E-state index in [0.717, 1.165) is 6.42 Å². The number of halogens is 1. The Balaban J connectivity index is 2.67. The Morgan fingerprint density at radius 1 is 1.47 bits per heavy atom. The van der Waals surface area contributed by atoms with Crippen LogP contribution < -0.4 is 10.1 Å². The third-order valence-corrected chi connectivity index (χ3v) is 2.83. The van der Waals surface area contributed by atoms with Gasteiger partial charge in [0.25, 0.3) is 5.91 Å². The molecule has 4 nitrogen and oxygen atoms in total. The standard InChI is InChI=1S/C14H18FNO3/c1-4-14(2,3)16-12(18)9-19-13-10(8-17)6-5-7-11(13)15/h5-8H,4,9H2,1-3H3,(H,16,18). The molecular formula is C14H18FNO3. The second-order valence-electron chi connectivity index (χ2n) is 4.85. The molecule has 1 N–H and O–H groups in total. The molecule has 1 amide bonds. The van der Waals surface area contributed by atoms with Crippen molar-refractivity contribution in [1.29, 1.82) is 0 Å². The minimum Gasteiger partial charge on any atom is -0.480 e. The fraction of sp³-hybridized carbons (Fsp3) is 0.429. The maximum absolute atomic E-state index is 13.5. The van der Waals surface area contributed by atoms with E-state index in [2.05, 4.69) is 5.32 Å². The highest BCUT2D eigenvalue weighted by Gasteiger charge is 2.19. The predicted octanol–water partition coefficient (Wildman–Crippen LogP) is 2.32. The molecule has 0 aliphatic rings. The van der Waals surface area contributed by atoms with E-state index >= 15 is 0 Å². The van der Waals surface area contributed by atoms with Gasteiger partial charge in [-0.25, -0.2) is 4.39 Å². The van der Waals surface area contributed by atoms with Gasteiger partial charge in [-0.15, -0.1) is 0 Å². The van der Waals surface area contributed by atoms with Gasteiger partial charge >= 0.3 is 0 Å². The Kier molecular flexibility index (Phi) is 5.03. The first-order valence-corrected chi connectivity index (χ1v) is 6.07. The van der Waals surface area contributed by atoms with Crippen molar-refractivity contribution < 1.29 is 18.7 Å². The third-order valence-electron chi connectivity index (χ3n) is 2.83. The van der Waals surface area contributed by atoms with Gasteiger partial charge in [0.2, 0.25) is 0 Å². The van der Waals surface area contributed by atoms with Crippen LogP contribution in [0.5, 0.6) is 5.75 Å². The summed E-state index contributed by atoms with van der Waals surface area (Å²) >= 11 is 0. The summed E-state index contributed by atoms with van der Waals surface area (Å²) in [4.78, 5) is 22.4. The van der Waals surface area contributed by atoms with Crippen LogP contribution in [0.15, 0.2) is 18.2 Å². The highest BCUT2D eigenvalue weighted by atomic mass is 19.1. The Hall–Kier alpha value is -1.91. The summed E-state index contributed by atoms with van der Waals surface area (Å²) in [6, 6.07) is 4.02. The summed E-state index contributed by atoms with van der Waals surface area (Å²) in [6.07, 6.45) is 1.25. The molecule has 0 heterocycles. The Bertz CT molecular complexity index is 472. The molecule has 0 atom stereocenters. The quantitative estimate of drug-likeness (QED) is 0.805. The maximum atomic E-state index is 13.5. The highest BCUT2D eigenvalue weighted by Crippen LogP contribution is 2.20. The summed E-state index contributed by atoms with van der Waals surface area (Å²) < 4.78 is 18.6. The van der Waals surface area contributed by atoms with Crippen LogP contribution in [0, 0.1) is 5.82 Å². The molecule has 0 aliphatic carbocycles. The van der Waals surface area contributed by atoms with Gasteiger partial charge in [-0.1, -0.05) is 13.0 Å². The summed E-state index contributed by atoms with van der Waals surface area (Å²) in [5.41, 5.74) is -0.258. The first-order chi connectivity index (χ1) is 8.89. The van der Waals surface area contributed by atoms with E-state index in [-0.39, 0.29) is 29.4 Å². The molecule has 0 aromatic heterocycles. The summed E-state index contributed by atoms with van der Waals surface area (Å²) in [6.45, 7) is 5.38. The number of nitrogens with one attached hydrogen (secondary N) is 1. The molecule has 0 unspecified atom stereocenters. The first kappa shape index (κ1) is 15.1. The van der Waals surface area contributed by atoms with E-state index in [1.54, 1.807) is 0 Å². The fourth-order valence-corrected chi connectivity index (χ4v) is 1.41. The van der Waals surface area contributed by atoms with E-state index in [4.69, 9.17) is 4.74 Å². The third kappa shape index (κ3) is 4.35. The van der Waals surface area contributed by atoms with E-state index in [1.165, 1.54) is 18.2 Å². The lowest BCUT2D eigenvalue weighted by atomic mass is 10.0. The average molecular weight is 267 g/mol. The monoisotopic (exact) mass is 267 g/mol. The van der Waals surface area contributed by atoms with E-state index in [9.17, 15) is 14.0 Å². The molecule has 0 aliphatic heterocycles. The number of rotatable bonds is 6. The maximum Gasteiger partial charge on any atom is 0.258 e. The van der Waals surface area contributed by atoms with Gasteiger partial charge in [-0.3, -0.25) is 9.59 Å². The molecule has 5 heteroatoms. The van der Waals surface area contributed by atoms with Gasteiger partial charge in [-0.05, 0) is 32.4 Å². The lowest BCUT2D eigenvalue weighted by Gasteiger charge is -2.24. The van der Waals surface area contributed by atoms with Crippen molar-refractivity contribution in [2.75, 3.05) is 6.61 Å². The molecular weight excluding hydrogens is 249 g/mol. The molecule has 1 aromatic rings. The van der Waals surface area contributed by atoms with Crippen LogP contribution >= 0.6 is 0 Å². The molecule has 1 rings (SSSR count). The van der Waals surface area contributed by atoms with Crippen molar-refractivity contribution in [2.45, 2.75) is 32.7 Å². The zero-order valence-electron chi connectivity index (χ0n) is 11.3. The minimum atomic E-state index is -0.660. The molecule has 0 spiro atoms. The van der Waals surface area contributed by atoms with Crippen LogP contribution in [-0.4, -0.2) is 24.3 Å². The number of hydrogen-bond donors (Lipinski definition) is 1. The smallest absolute Gasteiger partial charge is 0.258 e. The van der Waals surface area contributed by atoms with Crippen LogP contribution in [0.25, 0.3) is 0 Å². The number of benzene rings is 1. The van der Waals surface area contributed by atoms with Crippen LogP contribution in [0.4, 0.5) is 4.39 Å². The summed E-state index contributed by atoms with van der Waals surface area (Å²) in [5, 5.41) is 2.76. The topological polar surface area (TPSA) is 55.4 Å². The number of para-hydroxylation sites is 1. The molecule has 104 valence electrons. The summed E-state index contributed by atoms with van der Waals surface area (Å²) in [5.74, 6) is -1.21. The number of carbonyl (C=O) groups is 2. The number of amides is 1. The molecule has 1 aromatic carbocycles. The number of ether oxygens (including phenoxy) is 1. The largest absolute Gasteiger partial charge is 0.480 e. The van der Waals surface area contributed by atoms with Gasteiger partial charge in [0.1, 0.15) is 0 Å². The lowest BCUT2D eigenvalue weighted by Crippen LogP contribution is -2.45. The van der Waals surface area contributed by atoms with Crippen LogP contribution in [0.3, 0.4) is 0 Å². The van der Waals surface area contributed by atoms with Crippen molar-refractivity contribution in [3.8, 4) is 5.75 Å². The van der Waals surface area contributed by atoms with Crippen molar-refractivity contribution >= 4 is 12.2 Å². The second kappa shape index (κ2) is 6.31. The van der Waals surface area contributed by atoms with Crippen molar-refractivity contribution in [3.63, 3.8) is 0 Å². The summed E-state index contributed by atoms with van der Waals surface area (Å²) in [7, 11) is 0. The minimum absolute atomic E-state index is 0.0857. The second-order valence-corrected chi connectivity index (χ2v) is 4.85. The van der Waals surface area contributed by atoms with Gasteiger partial charge in [0.15, 0.2) is 24.5 Å². The number of aldehydes is 1. The van der Waals surface area contributed by atoms with Crippen LogP contribution in [-0.2, 0) is 4.79 Å². The SMILES string of the molecule is CCC(C)(C)NC(=O)COc1c(F)cccc1C=O. The number of carbonyl (C=O) groups excluding carboxylic acids is 2. The van der Waals surface area contributed by atoms with Gasteiger partial charge in [0, 0.05) is 5.54 Å². The Labute approximate surface area is 112 Å². The van der Waals surface area contributed by atoms with E-state index < -0.39 is 5.82 Å². The predicted molar refractivity (Wildman–Crippen MR) is 69.8 cm³/mol. The zero-order valence-corrected chi connectivity index (χ0v) is 11.3. The number of hydrogen-bond acceptors (Lipinski definition) is 3. The zero-order chi connectivity index (χ0) is 14.5. The molecule has 0 bridgehead atoms. The molecule has 0 fully saturated rings. The van der Waals surface area contributed by atoms with Gasteiger partial charge in [-0.2, -0.15) is 0 Å². The highest BCUT2D eigenvalue weighted by molar-refractivity contribution is 5.81. The van der Waals surface area contributed by atoms with Crippen molar-refractivity contribution in [2.24, 2.45) is 0 Å². The average Bonchev–Trinajstić information content (AvgIpc) is 2.36.